The van der Waals surface area contributed by atoms with Gasteiger partial charge in [0, 0.05) is 10.7 Å². The molecule has 1 aromatic carbocycles. The number of anilines is 1. The fourth-order valence-corrected chi connectivity index (χ4v) is 2.94. The molecule has 0 heterocycles. The zero-order valence-corrected chi connectivity index (χ0v) is 11.5. The van der Waals surface area contributed by atoms with Gasteiger partial charge in [-0.25, -0.2) is 21.9 Å². The molecular weight excluding hydrogens is 302 g/mol. The summed E-state index contributed by atoms with van der Waals surface area (Å²) in [6, 6.07) is 2.48. The van der Waals surface area contributed by atoms with Crippen LogP contribution in [-0.4, -0.2) is 32.6 Å². The summed E-state index contributed by atoms with van der Waals surface area (Å²) in [6.45, 7) is -1.23. The van der Waals surface area contributed by atoms with Gasteiger partial charge in [0.05, 0.1) is 11.4 Å². The van der Waals surface area contributed by atoms with Crippen molar-refractivity contribution in [3.63, 3.8) is 0 Å². The van der Waals surface area contributed by atoms with Gasteiger partial charge in [0.15, 0.2) is 0 Å². The molecule has 0 unspecified atom stereocenters. The molecule has 0 aliphatic heterocycles. The Morgan fingerprint density at radius 1 is 1.47 bits per heavy atom. The van der Waals surface area contributed by atoms with Gasteiger partial charge < -0.3 is 10.8 Å². The molecule has 0 amide bonds. The highest BCUT2D eigenvalue weighted by atomic mass is 35.5. The highest BCUT2D eigenvalue weighted by Gasteiger charge is 2.31. The van der Waals surface area contributed by atoms with E-state index in [1.54, 1.807) is 4.72 Å². The van der Waals surface area contributed by atoms with Crippen LogP contribution in [0, 0.1) is 6.92 Å². The molecular formula is C10H13ClF2N2O3S. The van der Waals surface area contributed by atoms with E-state index in [-0.39, 0.29) is 21.2 Å². The first kappa shape index (κ1) is 16.1. The Bertz CT molecular complexity index is 578. The Balaban J connectivity index is 3.08. The number of aliphatic hydroxyl groups is 1. The second-order valence-corrected chi connectivity index (χ2v) is 6.13. The summed E-state index contributed by atoms with van der Waals surface area (Å²) in [4.78, 5) is -0.272. The Morgan fingerprint density at radius 3 is 2.58 bits per heavy atom. The first-order valence-corrected chi connectivity index (χ1v) is 6.99. The van der Waals surface area contributed by atoms with Crippen LogP contribution in [0.3, 0.4) is 0 Å². The number of halogens is 3. The SMILES string of the molecule is Cc1c(N)cc(Cl)cc1S(=O)(=O)NCC(F)(F)CO. The lowest BCUT2D eigenvalue weighted by Crippen LogP contribution is -2.39. The Labute approximate surface area is 114 Å². The third kappa shape index (κ3) is 4.00. The van der Waals surface area contributed by atoms with Crippen molar-refractivity contribution >= 4 is 27.3 Å². The minimum Gasteiger partial charge on any atom is -0.398 e. The number of aliphatic hydroxyl groups excluding tert-OH is 1. The lowest BCUT2D eigenvalue weighted by atomic mass is 10.2. The molecule has 0 atom stereocenters. The summed E-state index contributed by atoms with van der Waals surface area (Å²) < 4.78 is 51.1. The molecule has 5 nitrogen and oxygen atoms in total. The number of nitrogens with one attached hydrogen (secondary N) is 1. The molecule has 108 valence electrons. The van der Waals surface area contributed by atoms with Crippen LogP contribution < -0.4 is 10.5 Å². The molecule has 0 fully saturated rings. The van der Waals surface area contributed by atoms with Crippen LogP contribution in [0.15, 0.2) is 17.0 Å². The predicted molar refractivity (Wildman–Crippen MR) is 67.8 cm³/mol. The third-order valence-corrected chi connectivity index (χ3v) is 4.15. The Morgan fingerprint density at radius 2 is 2.05 bits per heavy atom. The summed E-state index contributed by atoms with van der Waals surface area (Å²) in [5.41, 5.74) is 5.91. The van der Waals surface area contributed by atoms with Crippen LogP contribution in [0.4, 0.5) is 14.5 Å². The van der Waals surface area contributed by atoms with E-state index in [4.69, 9.17) is 22.4 Å². The van der Waals surface area contributed by atoms with E-state index in [1.165, 1.54) is 13.0 Å². The van der Waals surface area contributed by atoms with E-state index < -0.39 is 29.1 Å². The molecule has 1 rings (SSSR count). The molecule has 0 radical (unpaired) electrons. The average Bonchev–Trinajstić information content (AvgIpc) is 2.31. The smallest absolute Gasteiger partial charge is 0.283 e. The molecule has 0 aliphatic rings. The predicted octanol–water partition coefficient (Wildman–Crippen LogP) is 1.14. The van der Waals surface area contributed by atoms with Crippen molar-refractivity contribution < 1.29 is 22.3 Å². The van der Waals surface area contributed by atoms with Crippen molar-refractivity contribution in [1.82, 2.24) is 4.72 Å². The number of hydrogen-bond acceptors (Lipinski definition) is 4. The van der Waals surface area contributed by atoms with Crippen molar-refractivity contribution in [3.8, 4) is 0 Å². The molecule has 19 heavy (non-hydrogen) atoms. The van der Waals surface area contributed by atoms with Gasteiger partial charge >= 0.3 is 0 Å². The minimum atomic E-state index is -4.18. The van der Waals surface area contributed by atoms with Crippen molar-refractivity contribution in [2.75, 3.05) is 18.9 Å². The van der Waals surface area contributed by atoms with Crippen molar-refractivity contribution in [2.45, 2.75) is 17.7 Å². The molecule has 0 aromatic heterocycles. The normalized spacial score (nSPS) is 12.7. The maximum atomic E-state index is 12.8. The number of nitrogen functional groups attached to an aromatic ring is 1. The molecule has 1 aromatic rings. The van der Waals surface area contributed by atoms with Crippen LogP contribution in [0.25, 0.3) is 0 Å². The molecule has 0 aliphatic carbocycles. The highest BCUT2D eigenvalue weighted by molar-refractivity contribution is 7.89. The quantitative estimate of drug-likeness (QED) is 0.711. The van der Waals surface area contributed by atoms with Gasteiger partial charge in [-0.15, -0.1) is 0 Å². The van der Waals surface area contributed by atoms with Gasteiger partial charge in [0.1, 0.15) is 6.61 Å². The van der Waals surface area contributed by atoms with Gasteiger partial charge in [0.2, 0.25) is 10.0 Å². The topological polar surface area (TPSA) is 92.4 Å². The number of benzene rings is 1. The maximum absolute atomic E-state index is 12.8. The van der Waals surface area contributed by atoms with E-state index in [2.05, 4.69) is 0 Å². The fourth-order valence-electron chi connectivity index (χ4n) is 1.29. The summed E-state index contributed by atoms with van der Waals surface area (Å²) >= 11 is 5.69. The van der Waals surface area contributed by atoms with Gasteiger partial charge in [-0.05, 0) is 24.6 Å². The molecule has 0 saturated heterocycles. The van der Waals surface area contributed by atoms with Crippen molar-refractivity contribution in [2.24, 2.45) is 0 Å². The van der Waals surface area contributed by atoms with E-state index in [1.807, 2.05) is 0 Å². The first-order chi connectivity index (χ1) is 8.59. The number of sulfonamides is 1. The lowest BCUT2D eigenvalue weighted by molar-refractivity contribution is -0.0437. The first-order valence-electron chi connectivity index (χ1n) is 5.13. The van der Waals surface area contributed by atoms with E-state index >= 15 is 0 Å². The second kappa shape index (κ2) is 5.58. The summed E-state index contributed by atoms with van der Waals surface area (Å²) in [7, 11) is -4.18. The summed E-state index contributed by atoms with van der Waals surface area (Å²) in [6.07, 6.45) is 0. The third-order valence-electron chi connectivity index (χ3n) is 2.41. The van der Waals surface area contributed by atoms with Crippen LogP contribution in [0.5, 0.6) is 0 Å². The standard InChI is InChI=1S/C10H13ClF2N2O3S/c1-6-8(14)2-7(11)3-9(6)19(17,18)15-4-10(12,13)5-16/h2-3,15-16H,4-5,14H2,1H3. The van der Waals surface area contributed by atoms with Gasteiger partial charge in [-0.2, -0.15) is 0 Å². The molecule has 4 N–H and O–H groups in total. The number of nitrogens with two attached hydrogens (primary N) is 1. The Hall–Kier alpha value is -0.960. The second-order valence-electron chi connectivity index (χ2n) is 3.96. The van der Waals surface area contributed by atoms with E-state index in [0.717, 1.165) is 6.07 Å². The molecule has 0 bridgehead atoms. The van der Waals surface area contributed by atoms with Crippen molar-refractivity contribution in [1.29, 1.82) is 0 Å². The van der Waals surface area contributed by atoms with E-state index in [9.17, 15) is 17.2 Å². The van der Waals surface area contributed by atoms with Gasteiger partial charge in [0.25, 0.3) is 5.92 Å². The Kier molecular flexibility index (Phi) is 4.72. The fraction of sp³-hybridized carbons (Fsp3) is 0.400. The monoisotopic (exact) mass is 314 g/mol. The van der Waals surface area contributed by atoms with Crippen LogP contribution >= 0.6 is 11.6 Å². The molecule has 0 spiro atoms. The highest BCUT2D eigenvalue weighted by Crippen LogP contribution is 2.26. The van der Waals surface area contributed by atoms with Crippen LogP contribution in [0.2, 0.25) is 5.02 Å². The molecule has 0 saturated carbocycles. The number of hydrogen-bond donors (Lipinski definition) is 3. The lowest BCUT2D eigenvalue weighted by Gasteiger charge is -2.16. The molecule has 9 heteroatoms. The minimum absolute atomic E-state index is 0.0809. The zero-order chi connectivity index (χ0) is 14.8. The largest absolute Gasteiger partial charge is 0.398 e. The van der Waals surface area contributed by atoms with Crippen molar-refractivity contribution in [3.05, 3.63) is 22.7 Å². The maximum Gasteiger partial charge on any atom is 0.283 e. The van der Waals surface area contributed by atoms with Crippen LogP contribution in [-0.2, 0) is 10.0 Å². The zero-order valence-electron chi connectivity index (χ0n) is 9.95. The summed E-state index contributed by atoms with van der Waals surface area (Å²) in [5.74, 6) is -3.54. The summed E-state index contributed by atoms with van der Waals surface area (Å²) in [5, 5.41) is 8.46. The average molecular weight is 315 g/mol. The van der Waals surface area contributed by atoms with E-state index in [0.29, 0.717) is 0 Å². The van der Waals surface area contributed by atoms with Gasteiger partial charge in [-0.3, -0.25) is 0 Å². The van der Waals surface area contributed by atoms with Crippen LogP contribution in [0.1, 0.15) is 5.56 Å². The number of alkyl halides is 2. The van der Waals surface area contributed by atoms with Gasteiger partial charge in [-0.1, -0.05) is 11.6 Å². The number of rotatable bonds is 5.